The second-order valence-electron chi connectivity index (χ2n) is 4.60. The van der Waals surface area contributed by atoms with Crippen molar-refractivity contribution in [3.05, 3.63) is 0 Å². The largest absolute Gasteiger partial charge is 0.395 e. The quantitative estimate of drug-likeness (QED) is 0.572. The Bertz CT molecular complexity index is 266. The molecule has 0 heterocycles. The SMILES string of the molecule is CCCNC(=O)CN(C)C(=O)CN(CCC)CCO. The van der Waals surface area contributed by atoms with Crippen molar-refractivity contribution in [3.63, 3.8) is 0 Å². The van der Waals surface area contributed by atoms with Crippen LogP contribution in [0.15, 0.2) is 0 Å². The van der Waals surface area contributed by atoms with E-state index in [1.54, 1.807) is 7.05 Å². The van der Waals surface area contributed by atoms with Crippen molar-refractivity contribution in [2.75, 3.05) is 46.4 Å². The first-order valence-electron chi connectivity index (χ1n) is 6.89. The topological polar surface area (TPSA) is 72.9 Å². The number of likely N-dealkylation sites (N-methyl/N-ethyl adjacent to an activating group) is 1. The van der Waals surface area contributed by atoms with Crippen LogP contribution in [0.25, 0.3) is 0 Å². The first-order valence-corrected chi connectivity index (χ1v) is 6.89. The van der Waals surface area contributed by atoms with E-state index in [9.17, 15) is 9.59 Å². The number of nitrogens with zero attached hydrogens (tertiary/aromatic N) is 2. The normalized spacial score (nSPS) is 10.6. The minimum Gasteiger partial charge on any atom is -0.395 e. The summed E-state index contributed by atoms with van der Waals surface area (Å²) >= 11 is 0. The highest BCUT2D eigenvalue weighted by molar-refractivity contribution is 5.85. The molecule has 0 unspecified atom stereocenters. The standard InChI is InChI=1S/C13H27N3O3/c1-4-6-14-12(18)10-15(3)13(19)11-16(7-5-2)8-9-17/h17H,4-11H2,1-3H3,(H,14,18). The van der Waals surface area contributed by atoms with Crippen molar-refractivity contribution in [2.45, 2.75) is 26.7 Å². The van der Waals surface area contributed by atoms with Crippen LogP contribution in [0.2, 0.25) is 0 Å². The van der Waals surface area contributed by atoms with E-state index >= 15 is 0 Å². The third-order valence-corrected chi connectivity index (χ3v) is 2.69. The van der Waals surface area contributed by atoms with E-state index in [1.807, 2.05) is 18.7 Å². The molecule has 0 aromatic carbocycles. The van der Waals surface area contributed by atoms with Crippen LogP contribution in [-0.2, 0) is 9.59 Å². The zero-order valence-electron chi connectivity index (χ0n) is 12.3. The molecule has 6 heteroatoms. The number of carbonyl (C=O) groups excluding carboxylic acids is 2. The molecule has 0 atom stereocenters. The molecule has 6 nitrogen and oxygen atoms in total. The van der Waals surface area contributed by atoms with E-state index < -0.39 is 0 Å². The molecule has 112 valence electrons. The molecule has 0 aliphatic rings. The van der Waals surface area contributed by atoms with E-state index in [1.165, 1.54) is 4.90 Å². The molecular weight excluding hydrogens is 246 g/mol. The summed E-state index contributed by atoms with van der Waals surface area (Å²) in [4.78, 5) is 26.7. The highest BCUT2D eigenvalue weighted by Gasteiger charge is 2.15. The van der Waals surface area contributed by atoms with Gasteiger partial charge in [0.05, 0.1) is 19.7 Å². The number of aliphatic hydroxyl groups excluding tert-OH is 1. The number of amides is 2. The fourth-order valence-electron chi connectivity index (χ4n) is 1.66. The summed E-state index contributed by atoms with van der Waals surface area (Å²) in [6.45, 7) is 6.24. The molecule has 0 rings (SSSR count). The van der Waals surface area contributed by atoms with Crippen LogP contribution in [0.4, 0.5) is 0 Å². The fraction of sp³-hybridized carbons (Fsp3) is 0.846. The second kappa shape index (κ2) is 10.8. The predicted octanol–water partition coefficient (Wildman–Crippen LogP) is -0.325. The Kier molecular flexibility index (Phi) is 10.1. The Morgan fingerprint density at radius 1 is 1.11 bits per heavy atom. The van der Waals surface area contributed by atoms with Gasteiger partial charge in [0, 0.05) is 20.1 Å². The highest BCUT2D eigenvalue weighted by Crippen LogP contribution is 1.94. The zero-order chi connectivity index (χ0) is 14.7. The van der Waals surface area contributed by atoms with Gasteiger partial charge < -0.3 is 15.3 Å². The fourth-order valence-corrected chi connectivity index (χ4v) is 1.66. The van der Waals surface area contributed by atoms with Gasteiger partial charge in [0.2, 0.25) is 11.8 Å². The van der Waals surface area contributed by atoms with Crippen LogP contribution < -0.4 is 5.32 Å². The van der Waals surface area contributed by atoms with Crippen LogP contribution in [0, 0.1) is 0 Å². The van der Waals surface area contributed by atoms with Gasteiger partial charge in [0.15, 0.2) is 0 Å². The van der Waals surface area contributed by atoms with Crippen LogP contribution in [-0.4, -0.2) is 73.1 Å². The Morgan fingerprint density at radius 3 is 2.32 bits per heavy atom. The Balaban J connectivity index is 4.12. The van der Waals surface area contributed by atoms with Crippen LogP contribution >= 0.6 is 0 Å². The molecule has 19 heavy (non-hydrogen) atoms. The van der Waals surface area contributed by atoms with E-state index in [-0.39, 0.29) is 31.5 Å². The summed E-state index contributed by atoms with van der Waals surface area (Å²) < 4.78 is 0. The molecule has 0 saturated carbocycles. The lowest BCUT2D eigenvalue weighted by Crippen LogP contribution is -2.44. The molecule has 0 aliphatic heterocycles. The molecule has 0 aromatic heterocycles. The molecule has 0 fully saturated rings. The predicted molar refractivity (Wildman–Crippen MR) is 74.8 cm³/mol. The summed E-state index contributed by atoms with van der Waals surface area (Å²) in [5.74, 6) is -0.240. The number of nitrogens with one attached hydrogen (secondary N) is 1. The molecule has 0 bridgehead atoms. The van der Waals surface area contributed by atoms with Gasteiger partial charge >= 0.3 is 0 Å². The molecular formula is C13H27N3O3. The monoisotopic (exact) mass is 273 g/mol. The van der Waals surface area contributed by atoms with Crippen LogP contribution in [0.3, 0.4) is 0 Å². The second-order valence-corrected chi connectivity index (χ2v) is 4.60. The maximum Gasteiger partial charge on any atom is 0.239 e. The third-order valence-electron chi connectivity index (χ3n) is 2.69. The Morgan fingerprint density at radius 2 is 1.79 bits per heavy atom. The minimum absolute atomic E-state index is 0.0357. The van der Waals surface area contributed by atoms with Crippen LogP contribution in [0.5, 0.6) is 0 Å². The Hall–Kier alpha value is -1.14. The van der Waals surface area contributed by atoms with E-state index in [0.29, 0.717) is 13.1 Å². The average molecular weight is 273 g/mol. The smallest absolute Gasteiger partial charge is 0.239 e. The van der Waals surface area contributed by atoms with Gasteiger partial charge in [-0.3, -0.25) is 14.5 Å². The maximum absolute atomic E-state index is 11.9. The van der Waals surface area contributed by atoms with E-state index in [2.05, 4.69) is 5.32 Å². The van der Waals surface area contributed by atoms with Gasteiger partial charge in [-0.05, 0) is 19.4 Å². The summed E-state index contributed by atoms with van der Waals surface area (Å²) in [5.41, 5.74) is 0. The van der Waals surface area contributed by atoms with Gasteiger partial charge in [0.25, 0.3) is 0 Å². The van der Waals surface area contributed by atoms with Crippen molar-refractivity contribution in [2.24, 2.45) is 0 Å². The van der Waals surface area contributed by atoms with E-state index in [0.717, 1.165) is 19.4 Å². The molecule has 0 aromatic rings. The molecule has 0 radical (unpaired) electrons. The summed E-state index contributed by atoms with van der Waals surface area (Å²) in [6.07, 6.45) is 1.80. The summed E-state index contributed by atoms with van der Waals surface area (Å²) in [6, 6.07) is 0. The lowest BCUT2D eigenvalue weighted by Gasteiger charge is -2.23. The number of rotatable bonds is 10. The highest BCUT2D eigenvalue weighted by atomic mass is 16.3. The minimum atomic E-state index is -0.137. The lowest BCUT2D eigenvalue weighted by atomic mass is 10.3. The first kappa shape index (κ1) is 17.9. The summed E-state index contributed by atoms with van der Waals surface area (Å²) in [5, 5.41) is 11.7. The third kappa shape index (κ3) is 8.56. The number of hydrogen-bond donors (Lipinski definition) is 2. The Labute approximate surface area is 115 Å². The number of carbonyl (C=O) groups is 2. The van der Waals surface area contributed by atoms with Crippen molar-refractivity contribution in [1.82, 2.24) is 15.1 Å². The van der Waals surface area contributed by atoms with Crippen molar-refractivity contribution in [1.29, 1.82) is 0 Å². The van der Waals surface area contributed by atoms with Gasteiger partial charge in [-0.15, -0.1) is 0 Å². The summed E-state index contributed by atoms with van der Waals surface area (Å²) in [7, 11) is 1.62. The first-order chi connectivity index (χ1) is 9.04. The molecule has 2 N–H and O–H groups in total. The van der Waals surface area contributed by atoms with Crippen molar-refractivity contribution >= 4 is 11.8 Å². The molecule has 0 saturated heterocycles. The zero-order valence-corrected chi connectivity index (χ0v) is 12.3. The number of hydrogen-bond acceptors (Lipinski definition) is 4. The van der Waals surface area contributed by atoms with Crippen LogP contribution in [0.1, 0.15) is 26.7 Å². The van der Waals surface area contributed by atoms with Gasteiger partial charge in [-0.25, -0.2) is 0 Å². The van der Waals surface area contributed by atoms with Gasteiger partial charge in [-0.2, -0.15) is 0 Å². The number of aliphatic hydroxyl groups is 1. The lowest BCUT2D eigenvalue weighted by molar-refractivity contribution is -0.135. The maximum atomic E-state index is 11.9. The molecule has 0 spiro atoms. The average Bonchev–Trinajstić information content (AvgIpc) is 2.36. The molecule has 2 amide bonds. The molecule has 0 aliphatic carbocycles. The van der Waals surface area contributed by atoms with Crippen molar-refractivity contribution in [3.8, 4) is 0 Å². The van der Waals surface area contributed by atoms with E-state index in [4.69, 9.17) is 5.11 Å². The van der Waals surface area contributed by atoms with Gasteiger partial charge in [0.1, 0.15) is 0 Å². The van der Waals surface area contributed by atoms with Crippen molar-refractivity contribution < 1.29 is 14.7 Å². The van der Waals surface area contributed by atoms with Gasteiger partial charge in [-0.1, -0.05) is 13.8 Å².